The van der Waals surface area contributed by atoms with Gasteiger partial charge in [-0.25, -0.2) is 4.98 Å². The highest BCUT2D eigenvalue weighted by atomic mass is 32.1. The third kappa shape index (κ3) is 3.95. The zero-order valence-corrected chi connectivity index (χ0v) is 16.9. The molecule has 30 heavy (non-hydrogen) atoms. The second-order valence-corrected chi connectivity index (χ2v) is 7.85. The van der Waals surface area contributed by atoms with Crippen LogP contribution in [-0.4, -0.2) is 56.8 Å². The maximum atomic E-state index is 12.8. The van der Waals surface area contributed by atoms with E-state index in [1.54, 1.807) is 23.7 Å². The highest BCUT2D eigenvalue weighted by molar-refractivity contribution is 7.07. The van der Waals surface area contributed by atoms with Crippen molar-refractivity contribution in [2.45, 2.75) is 12.6 Å². The van der Waals surface area contributed by atoms with Gasteiger partial charge < -0.3 is 10.1 Å². The first-order chi connectivity index (χ1) is 14.8. The van der Waals surface area contributed by atoms with E-state index in [-0.39, 0.29) is 5.91 Å². The number of hydrogen-bond donors (Lipinski definition) is 2. The molecule has 1 amide bonds. The molecule has 1 saturated heterocycles. The van der Waals surface area contributed by atoms with Crippen molar-refractivity contribution in [3.63, 3.8) is 0 Å². The minimum absolute atomic E-state index is 0.147. The van der Waals surface area contributed by atoms with Crippen molar-refractivity contribution in [3.05, 3.63) is 59.3 Å². The van der Waals surface area contributed by atoms with E-state index in [0.29, 0.717) is 18.8 Å². The SMILES string of the molecule is O=C(Nc1ccc2[nH]nc(-c3ccncc3)c2c1)C1CN(Cc2cscn2)CCO1. The lowest BCUT2D eigenvalue weighted by atomic mass is 10.1. The van der Waals surface area contributed by atoms with Crippen molar-refractivity contribution in [2.75, 3.05) is 25.0 Å². The predicted octanol–water partition coefficient (Wildman–Crippen LogP) is 2.92. The van der Waals surface area contributed by atoms with Crippen molar-refractivity contribution >= 4 is 33.8 Å². The zero-order chi connectivity index (χ0) is 20.3. The zero-order valence-electron chi connectivity index (χ0n) is 16.1. The fourth-order valence-electron chi connectivity index (χ4n) is 3.59. The highest BCUT2D eigenvalue weighted by Gasteiger charge is 2.27. The maximum absolute atomic E-state index is 12.8. The van der Waals surface area contributed by atoms with Gasteiger partial charge in [-0.05, 0) is 30.3 Å². The molecular formula is C21H20N6O2S. The van der Waals surface area contributed by atoms with Gasteiger partial charge in [0.15, 0.2) is 0 Å². The molecule has 0 spiro atoms. The van der Waals surface area contributed by atoms with Crippen LogP contribution in [0.25, 0.3) is 22.2 Å². The largest absolute Gasteiger partial charge is 0.366 e. The van der Waals surface area contributed by atoms with Crippen molar-refractivity contribution in [2.24, 2.45) is 0 Å². The van der Waals surface area contributed by atoms with E-state index < -0.39 is 6.10 Å². The van der Waals surface area contributed by atoms with Gasteiger partial charge in [-0.15, -0.1) is 11.3 Å². The third-order valence-corrected chi connectivity index (χ3v) is 5.73. The number of carbonyl (C=O) groups is 1. The Kier molecular flexibility index (Phi) is 5.22. The number of ether oxygens (including phenoxy) is 1. The number of aromatic amines is 1. The Hall–Kier alpha value is -3.14. The Balaban J connectivity index is 1.30. The van der Waals surface area contributed by atoms with Gasteiger partial charge in [0.25, 0.3) is 5.91 Å². The molecule has 1 aliphatic heterocycles. The summed E-state index contributed by atoms with van der Waals surface area (Å²) in [4.78, 5) is 23.4. The standard InChI is InChI=1S/C21H20N6O2S/c28-21(19-11-27(7-8-29-19)10-16-12-30-13-23-16)24-15-1-2-18-17(9-15)20(26-25-18)14-3-5-22-6-4-14/h1-6,9,12-13,19H,7-8,10-11H2,(H,24,28)(H,25,26). The summed E-state index contributed by atoms with van der Waals surface area (Å²) in [7, 11) is 0. The molecule has 3 aromatic heterocycles. The number of H-pyrrole nitrogens is 1. The molecule has 1 unspecified atom stereocenters. The smallest absolute Gasteiger partial charge is 0.254 e. The van der Waals surface area contributed by atoms with E-state index in [4.69, 9.17) is 4.74 Å². The monoisotopic (exact) mass is 420 g/mol. The summed E-state index contributed by atoms with van der Waals surface area (Å²) in [5.74, 6) is -0.147. The summed E-state index contributed by atoms with van der Waals surface area (Å²) in [6.45, 7) is 2.58. The van der Waals surface area contributed by atoms with E-state index in [2.05, 4.69) is 30.4 Å². The molecule has 0 aliphatic carbocycles. The Labute approximate surface area is 176 Å². The second-order valence-electron chi connectivity index (χ2n) is 7.13. The lowest BCUT2D eigenvalue weighted by Crippen LogP contribution is -2.47. The van der Waals surface area contributed by atoms with Gasteiger partial charge in [0.05, 0.1) is 23.3 Å². The second kappa shape index (κ2) is 8.31. The number of rotatable bonds is 5. The first-order valence-electron chi connectivity index (χ1n) is 9.67. The van der Waals surface area contributed by atoms with Gasteiger partial charge in [-0.1, -0.05) is 0 Å². The molecule has 1 fully saturated rings. The average Bonchev–Trinajstić information content (AvgIpc) is 3.44. The van der Waals surface area contributed by atoms with Crippen LogP contribution < -0.4 is 5.32 Å². The van der Waals surface area contributed by atoms with Crippen LogP contribution in [-0.2, 0) is 16.1 Å². The molecule has 8 nitrogen and oxygen atoms in total. The number of nitrogens with zero attached hydrogens (tertiary/aromatic N) is 4. The van der Waals surface area contributed by atoms with Crippen LogP contribution in [0, 0.1) is 0 Å². The van der Waals surface area contributed by atoms with Crippen LogP contribution in [0.2, 0.25) is 0 Å². The van der Waals surface area contributed by atoms with E-state index in [9.17, 15) is 4.79 Å². The number of nitrogens with one attached hydrogen (secondary N) is 2. The minimum atomic E-state index is -0.517. The fourth-order valence-corrected chi connectivity index (χ4v) is 4.14. The highest BCUT2D eigenvalue weighted by Crippen LogP contribution is 2.28. The van der Waals surface area contributed by atoms with Crippen LogP contribution in [0.4, 0.5) is 5.69 Å². The van der Waals surface area contributed by atoms with Crippen molar-refractivity contribution < 1.29 is 9.53 Å². The molecule has 4 heterocycles. The lowest BCUT2D eigenvalue weighted by Gasteiger charge is -2.31. The lowest BCUT2D eigenvalue weighted by molar-refractivity contribution is -0.133. The molecule has 1 aromatic carbocycles. The number of anilines is 1. The molecule has 4 aromatic rings. The molecule has 1 aliphatic rings. The predicted molar refractivity (Wildman–Crippen MR) is 115 cm³/mol. The van der Waals surface area contributed by atoms with Crippen molar-refractivity contribution in [1.29, 1.82) is 0 Å². The van der Waals surface area contributed by atoms with Crippen LogP contribution >= 0.6 is 11.3 Å². The van der Waals surface area contributed by atoms with Gasteiger partial charge in [-0.3, -0.25) is 19.8 Å². The molecule has 5 rings (SSSR count). The Morgan fingerprint density at radius 2 is 2.20 bits per heavy atom. The molecule has 9 heteroatoms. The van der Waals surface area contributed by atoms with E-state index in [1.165, 1.54) is 0 Å². The van der Waals surface area contributed by atoms with Gasteiger partial charge in [0.2, 0.25) is 0 Å². The summed E-state index contributed by atoms with van der Waals surface area (Å²) in [6, 6.07) is 9.53. The number of fused-ring (bicyclic) bond motifs is 1. The van der Waals surface area contributed by atoms with E-state index >= 15 is 0 Å². The maximum Gasteiger partial charge on any atom is 0.254 e. The molecule has 0 radical (unpaired) electrons. The number of morpholine rings is 1. The normalized spacial score (nSPS) is 17.3. The fraction of sp³-hybridized carbons (Fsp3) is 0.238. The van der Waals surface area contributed by atoms with Gasteiger partial charge in [0.1, 0.15) is 11.8 Å². The molecule has 0 saturated carbocycles. The molecule has 0 bridgehead atoms. The van der Waals surface area contributed by atoms with Crippen LogP contribution in [0.5, 0.6) is 0 Å². The van der Waals surface area contributed by atoms with Crippen LogP contribution in [0.15, 0.2) is 53.6 Å². The Bertz CT molecular complexity index is 1150. The summed E-state index contributed by atoms with van der Waals surface area (Å²) >= 11 is 1.58. The van der Waals surface area contributed by atoms with E-state index in [1.807, 2.05) is 41.2 Å². The quantitative estimate of drug-likeness (QED) is 0.515. The van der Waals surface area contributed by atoms with Crippen molar-refractivity contribution in [1.82, 2.24) is 25.1 Å². The Morgan fingerprint density at radius 1 is 1.30 bits per heavy atom. The molecule has 2 N–H and O–H groups in total. The summed E-state index contributed by atoms with van der Waals surface area (Å²) in [6.07, 6.45) is 2.95. The number of pyridine rings is 1. The number of aromatic nitrogens is 4. The van der Waals surface area contributed by atoms with Crippen molar-refractivity contribution in [3.8, 4) is 11.3 Å². The van der Waals surface area contributed by atoms with Gasteiger partial charge >= 0.3 is 0 Å². The average molecular weight is 420 g/mol. The topological polar surface area (TPSA) is 96.0 Å². The first-order valence-corrected chi connectivity index (χ1v) is 10.6. The van der Waals surface area contributed by atoms with Crippen LogP contribution in [0.1, 0.15) is 5.69 Å². The number of amides is 1. The van der Waals surface area contributed by atoms with Crippen LogP contribution in [0.3, 0.4) is 0 Å². The summed E-state index contributed by atoms with van der Waals surface area (Å²) in [5.41, 5.74) is 6.26. The van der Waals surface area contributed by atoms with E-state index in [0.717, 1.165) is 40.9 Å². The number of carbonyl (C=O) groups excluding carboxylic acids is 1. The summed E-state index contributed by atoms with van der Waals surface area (Å²) < 4.78 is 5.73. The minimum Gasteiger partial charge on any atom is -0.366 e. The van der Waals surface area contributed by atoms with Gasteiger partial charge in [0, 0.05) is 54.0 Å². The molecule has 1 atom stereocenters. The molecular weight excluding hydrogens is 400 g/mol. The Morgan fingerprint density at radius 3 is 3.03 bits per heavy atom. The molecule has 152 valence electrons. The number of thiazole rings is 1. The third-order valence-electron chi connectivity index (χ3n) is 5.10. The number of benzene rings is 1. The first kappa shape index (κ1) is 18.9. The summed E-state index contributed by atoms with van der Waals surface area (Å²) in [5, 5.41) is 13.4. The number of hydrogen-bond acceptors (Lipinski definition) is 7. The van der Waals surface area contributed by atoms with Gasteiger partial charge in [-0.2, -0.15) is 5.10 Å².